The normalized spacial score (nSPS) is 16.6. The second kappa shape index (κ2) is 10.3. The van der Waals surface area contributed by atoms with Crippen molar-refractivity contribution in [3.63, 3.8) is 0 Å². The van der Waals surface area contributed by atoms with Crippen LogP contribution in [0.1, 0.15) is 26.7 Å². The highest BCUT2D eigenvalue weighted by atomic mass is 32.2. The summed E-state index contributed by atoms with van der Waals surface area (Å²) in [7, 11) is 0. The summed E-state index contributed by atoms with van der Waals surface area (Å²) < 4.78 is 7.90. The van der Waals surface area contributed by atoms with Crippen LogP contribution in [0.5, 0.6) is 0 Å². The standard InChI is InChI=1S/C22H25N5O3S2/c1-14(21(29)24-17-9-7-16(8-10-17)23-15(2)28)32-22-26-25-20(19-6-4-12-31-19)27(22)13-18-5-3-11-30-18/h4,6-10,12,14,18H,3,5,11,13H2,1-2H3,(H,23,28)(H,24,29)/t14-,18+/m0/s1. The van der Waals surface area contributed by atoms with Gasteiger partial charge in [0.2, 0.25) is 11.8 Å². The Balaban J connectivity index is 1.45. The predicted octanol–water partition coefficient (Wildman–Crippen LogP) is 4.26. The van der Waals surface area contributed by atoms with Crippen molar-refractivity contribution in [2.45, 2.75) is 49.7 Å². The SMILES string of the molecule is CC(=O)Nc1ccc(NC(=O)[C@H](C)Sc2nnc(-c3cccs3)n2C[C@H]2CCCO2)cc1. The minimum Gasteiger partial charge on any atom is -0.376 e. The molecule has 1 fully saturated rings. The van der Waals surface area contributed by atoms with Gasteiger partial charge in [-0.15, -0.1) is 21.5 Å². The van der Waals surface area contributed by atoms with Crippen molar-refractivity contribution in [1.29, 1.82) is 0 Å². The quantitative estimate of drug-likeness (QED) is 0.476. The van der Waals surface area contributed by atoms with E-state index in [1.807, 2.05) is 24.4 Å². The van der Waals surface area contributed by atoms with E-state index in [1.165, 1.54) is 18.7 Å². The second-order valence-electron chi connectivity index (χ2n) is 7.54. The lowest BCUT2D eigenvalue weighted by atomic mass is 10.2. The van der Waals surface area contributed by atoms with Crippen molar-refractivity contribution in [1.82, 2.24) is 14.8 Å². The van der Waals surface area contributed by atoms with Crippen molar-refractivity contribution in [3.8, 4) is 10.7 Å². The minimum atomic E-state index is -0.381. The number of hydrogen-bond acceptors (Lipinski definition) is 7. The Labute approximate surface area is 194 Å². The Morgan fingerprint density at radius 3 is 2.59 bits per heavy atom. The van der Waals surface area contributed by atoms with Crippen molar-refractivity contribution < 1.29 is 14.3 Å². The van der Waals surface area contributed by atoms with E-state index < -0.39 is 0 Å². The molecule has 0 spiro atoms. The monoisotopic (exact) mass is 471 g/mol. The first-order valence-electron chi connectivity index (χ1n) is 10.4. The molecule has 2 aromatic heterocycles. The van der Waals surface area contributed by atoms with Gasteiger partial charge < -0.3 is 15.4 Å². The molecule has 0 radical (unpaired) electrons. The van der Waals surface area contributed by atoms with Crippen LogP contribution in [-0.4, -0.2) is 44.5 Å². The number of nitrogens with zero attached hydrogens (tertiary/aromatic N) is 3. The topological polar surface area (TPSA) is 98.1 Å². The van der Waals surface area contributed by atoms with Gasteiger partial charge >= 0.3 is 0 Å². The number of amides is 2. The number of benzene rings is 1. The Bertz CT molecular complexity index is 1060. The minimum absolute atomic E-state index is 0.133. The zero-order valence-electron chi connectivity index (χ0n) is 17.9. The number of ether oxygens (including phenoxy) is 1. The fourth-order valence-corrected chi connectivity index (χ4v) is 4.99. The van der Waals surface area contributed by atoms with E-state index in [2.05, 4.69) is 25.4 Å². The fourth-order valence-electron chi connectivity index (χ4n) is 3.42. The number of anilines is 2. The molecule has 3 aromatic rings. The Morgan fingerprint density at radius 2 is 1.97 bits per heavy atom. The summed E-state index contributed by atoms with van der Waals surface area (Å²) >= 11 is 2.99. The number of hydrogen-bond donors (Lipinski definition) is 2. The zero-order valence-corrected chi connectivity index (χ0v) is 19.5. The molecule has 2 amide bonds. The second-order valence-corrected chi connectivity index (χ2v) is 9.79. The summed E-state index contributed by atoms with van der Waals surface area (Å²) in [5.74, 6) is 0.534. The summed E-state index contributed by atoms with van der Waals surface area (Å²) in [4.78, 5) is 25.0. The van der Waals surface area contributed by atoms with Gasteiger partial charge in [-0.3, -0.25) is 14.2 Å². The Hall–Kier alpha value is -2.69. The van der Waals surface area contributed by atoms with Crippen LogP contribution >= 0.6 is 23.1 Å². The molecule has 3 heterocycles. The maximum absolute atomic E-state index is 12.8. The summed E-state index contributed by atoms with van der Waals surface area (Å²) in [6.45, 7) is 4.75. The number of thiophene rings is 1. The molecular formula is C22H25N5O3S2. The highest BCUT2D eigenvalue weighted by Crippen LogP contribution is 2.31. The number of thioether (sulfide) groups is 1. The highest BCUT2D eigenvalue weighted by Gasteiger charge is 2.25. The molecule has 2 N–H and O–H groups in total. The van der Waals surface area contributed by atoms with Gasteiger partial charge in [0.1, 0.15) is 0 Å². The van der Waals surface area contributed by atoms with Crippen molar-refractivity contribution in [2.75, 3.05) is 17.2 Å². The number of nitrogens with one attached hydrogen (secondary N) is 2. The van der Waals surface area contributed by atoms with Gasteiger partial charge in [0.15, 0.2) is 11.0 Å². The van der Waals surface area contributed by atoms with E-state index >= 15 is 0 Å². The van der Waals surface area contributed by atoms with Gasteiger partial charge in [-0.05, 0) is 55.5 Å². The number of carbonyl (C=O) groups is 2. The van der Waals surface area contributed by atoms with Crippen molar-refractivity contribution >= 4 is 46.3 Å². The predicted molar refractivity (Wildman–Crippen MR) is 127 cm³/mol. The first kappa shape index (κ1) is 22.5. The molecule has 4 rings (SSSR count). The van der Waals surface area contributed by atoms with Gasteiger partial charge in [-0.1, -0.05) is 17.8 Å². The van der Waals surface area contributed by atoms with Crippen LogP contribution in [0.4, 0.5) is 11.4 Å². The van der Waals surface area contributed by atoms with Crippen LogP contribution in [0.25, 0.3) is 10.7 Å². The van der Waals surface area contributed by atoms with Crippen LogP contribution in [-0.2, 0) is 20.9 Å². The van der Waals surface area contributed by atoms with E-state index in [-0.39, 0.29) is 23.2 Å². The Morgan fingerprint density at radius 1 is 1.22 bits per heavy atom. The fraction of sp³-hybridized carbons (Fsp3) is 0.364. The van der Waals surface area contributed by atoms with Crippen LogP contribution in [0.2, 0.25) is 0 Å². The molecule has 0 aliphatic carbocycles. The first-order chi connectivity index (χ1) is 15.5. The summed E-state index contributed by atoms with van der Waals surface area (Å²) in [5, 5.41) is 16.8. The molecule has 32 heavy (non-hydrogen) atoms. The summed E-state index contributed by atoms with van der Waals surface area (Å²) in [5.41, 5.74) is 1.35. The zero-order chi connectivity index (χ0) is 22.5. The van der Waals surface area contributed by atoms with Gasteiger partial charge in [-0.25, -0.2) is 0 Å². The lowest BCUT2D eigenvalue weighted by Gasteiger charge is -2.16. The highest BCUT2D eigenvalue weighted by molar-refractivity contribution is 8.00. The molecule has 168 valence electrons. The average molecular weight is 472 g/mol. The molecule has 0 unspecified atom stereocenters. The number of carbonyl (C=O) groups excluding carboxylic acids is 2. The lowest BCUT2D eigenvalue weighted by Crippen LogP contribution is -2.23. The number of aromatic nitrogens is 3. The molecule has 8 nitrogen and oxygen atoms in total. The molecule has 0 bridgehead atoms. The maximum atomic E-state index is 12.8. The third-order valence-corrected chi connectivity index (χ3v) is 6.94. The van der Waals surface area contributed by atoms with E-state index in [0.717, 1.165) is 30.2 Å². The third kappa shape index (κ3) is 5.56. The molecule has 2 atom stereocenters. The number of rotatable bonds is 8. The van der Waals surface area contributed by atoms with Crippen molar-refractivity contribution in [2.24, 2.45) is 0 Å². The van der Waals surface area contributed by atoms with E-state index in [0.29, 0.717) is 23.1 Å². The smallest absolute Gasteiger partial charge is 0.237 e. The molecule has 10 heteroatoms. The third-order valence-electron chi connectivity index (χ3n) is 4.99. The van der Waals surface area contributed by atoms with Gasteiger partial charge in [-0.2, -0.15) is 0 Å². The van der Waals surface area contributed by atoms with Crippen LogP contribution < -0.4 is 10.6 Å². The summed E-state index contributed by atoms with van der Waals surface area (Å²) in [6, 6.07) is 11.0. The van der Waals surface area contributed by atoms with E-state index in [9.17, 15) is 9.59 Å². The van der Waals surface area contributed by atoms with E-state index in [1.54, 1.807) is 35.6 Å². The van der Waals surface area contributed by atoms with Crippen LogP contribution in [0, 0.1) is 0 Å². The van der Waals surface area contributed by atoms with Crippen LogP contribution in [0.15, 0.2) is 46.9 Å². The molecule has 0 saturated carbocycles. The first-order valence-corrected chi connectivity index (χ1v) is 12.2. The molecule has 1 saturated heterocycles. The molecular weight excluding hydrogens is 446 g/mol. The van der Waals surface area contributed by atoms with E-state index in [4.69, 9.17) is 4.74 Å². The largest absolute Gasteiger partial charge is 0.376 e. The molecule has 1 aromatic carbocycles. The van der Waals surface area contributed by atoms with Crippen molar-refractivity contribution in [3.05, 3.63) is 41.8 Å². The molecule has 1 aliphatic rings. The Kier molecular flexibility index (Phi) is 7.23. The van der Waals surface area contributed by atoms with Gasteiger partial charge in [0.25, 0.3) is 0 Å². The average Bonchev–Trinajstić information content (AvgIpc) is 3.52. The lowest BCUT2D eigenvalue weighted by molar-refractivity contribution is -0.115. The van der Waals surface area contributed by atoms with Crippen LogP contribution in [0.3, 0.4) is 0 Å². The van der Waals surface area contributed by atoms with Gasteiger partial charge in [0.05, 0.1) is 22.8 Å². The maximum Gasteiger partial charge on any atom is 0.237 e. The molecule has 1 aliphatic heterocycles. The summed E-state index contributed by atoms with van der Waals surface area (Å²) in [6.07, 6.45) is 2.20. The van der Waals surface area contributed by atoms with Gasteiger partial charge in [0, 0.05) is 24.9 Å².